The van der Waals surface area contributed by atoms with Crippen LogP contribution >= 0.6 is 11.6 Å². The Kier molecular flexibility index (Phi) is 4.20. The molecule has 0 saturated carbocycles. The fraction of sp³-hybridized carbons (Fsp3) is 0.571. The molecule has 0 radical (unpaired) electrons. The van der Waals surface area contributed by atoms with Crippen molar-refractivity contribution in [3.63, 3.8) is 0 Å². The van der Waals surface area contributed by atoms with Gasteiger partial charge in [-0.25, -0.2) is 4.98 Å². The Morgan fingerprint density at radius 3 is 2.60 bits per heavy atom. The maximum Gasteiger partial charge on any atom is 0.131 e. The molecule has 20 heavy (non-hydrogen) atoms. The van der Waals surface area contributed by atoms with Gasteiger partial charge in [-0.1, -0.05) is 11.6 Å². The number of aryl methyl sites for hydroxylation is 2. The molecule has 0 amide bonds. The van der Waals surface area contributed by atoms with E-state index in [1.807, 2.05) is 26.4 Å². The quantitative estimate of drug-likeness (QED) is 0.943. The van der Waals surface area contributed by atoms with Gasteiger partial charge in [0.25, 0.3) is 0 Å². The molecule has 2 heterocycles. The standard InChI is InChI=1S/C14H22ClN5/c1-10-11(13(15)19(5)18-10)9-20-7-6-16-12(20)8-17-14(2,3)4/h6-7,17H,8-9H2,1-5H3. The van der Waals surface area contributed by atoms with E-state index < -0.39 is 0 Å². The van der Waals surface area contributed by atoms with Crippen LogP contribution in [0.4, 0.5) is 0 Å². The Labute approximate surface area is 125 Å². The highest BCUT2D eigenvalue weighted by Gasteiger charge is 2.15. The van der Waals surface area contributed by atoms with Gasteiger partial charge >= 0.3 is 0 Å². The number of nitrogens with zero attached hydrogens (tertiary/aromatic N) is 4. The van der Waals surface area contributed by atoms with Crippen LogP contribution in [0, 0.1) is 6.92 Å². The van der Waals surface area contributed by atoms with Crippen LogP contribution in [-0.2, 0) is 20.1 Å². The van der Waals surface area contributed by atoms with Crippen LogP contribution in [-0.4, -0.2) is 24.9 Å². The van der Waals surface area contributed by atoms with E-state index in [0.717, 1.165) is 23.6 Å². The largest absolute Gasteiger partial charge is 0.329 e. The Morgan fingerprint density at radius 2 is 2.05 bits per heavy atom. The molecule has 1 N–H and O–H groups in total. The van der Waals surface area contributed by atoms with Crippen LogP contribution in [0.3, 0.4) is 0 Å². The zero-order valence-corrected chi connectivity index (χ0v) is 13.5. The van der Waals surface area contributed by atoms with Gasteiger partial charge in [-0.05, 0) is 27.7 Å². The van der Waals surface area contributed by atoms with Gasteiger partial charge in [0.2, 0.25) is 0 Å². The maximum absolute atomic E-state index is 6.28. The molecule has 110 valence electrons. The molecule has 2 aromatic rings. The lowest BCUT2D eigenvalue weighted by Crippen LogP contribution is -2.36. The first-order valence-corrected chi connectivity index (χ1v) is 7.09. The summed E-state index contributed by atoms with van der Waals surface area (Å²) in [7, 11) is 1.86. The summed E-state index contributed by atoms with van der Waals surface area (Å²) in [4.78, 5) is 4.41. The molecule has 0 aromatic carbocycles. The summed E-state index contributed by atoms with van der Waals surface area (Å²) >= 11 is 6.28. The summed E-state index contributed by atoms with van der Waals surface area (Å²) in [6.45, 7) is 9.82. The highest BCUT2D eigenvalue weighted by Crippen LogP contribution is 2.20. The Bertz CT molecular complexity index is 591. The van der Waals surface area contributed by atoms with E-state index in [2.05, 4.69) is 40.7 Å². The number of imidazole rings is 1. The van der Waals surface area contributed by atoms with E-state index >= 15 is 0 Å². The van der Waals surface area contributed by atoms with Crippen molar-refractivity contribution in [3.05, 3.63) is 34.6 Å². The predicted octanol–water partition coefficient (Wildman–Crippen LogP) is 2.51. The lowest BCUT2D eigenvalue weighted by molar-refractivity contribution is 0.413. The molecule has 0 saturated heterocycles. The van der Waals surface area contributed by atoms with E-state index in [-0.39, 0.29) is 5.54 Å². The zero-order valence-electron chi connectivity index (χ0n) is 12.7. The van der Waals surface area contributed by atoms with Crippen molar-refractivity contribution in [1.29, 1.82) is 0 Å². The highest BCUT2D eigenvalue weighted by molar-refractivity contribution is 6.30. The molecule has 0 bridgehead atoms. The van der Waals surface area contributed by atoms with Crippen molar-refractivity contribution in [2.24, 2.45) is 7.05 Å². The SMILES string of the molecule is Cc1nn(C)c(Cl)c1Cn1ccnc1CNC(C)(C)C. The zero-order chi connectivity index (χ0) is 14.9. The molecule has 2 aromatic heterocycles. The summed E-state index contributed by atoms with van der Waals surface area (Å²) in [5.74, 6) is 0.999. The van der Waals surface area contributed by atoms with Crippen molar-refractivity contribution >= 4 is 11.6 Å². The Hall–Kier alpha value is -1.33. The fourth-order valence-electron chi connectivity index (χ4n) is 2.02. The number of halogens is 1. The molecule has 0 atom stereocenters. The molecule has 0 spiro atoms. The first-order valence-electron chi connectivity index (χ1n) is 6.71. The number of rotatable bonds is 4. The van der Waals surface area contributed by atoms with E-state index in [4.69, 9.17) is 11.6 Å². The summed E-state index contributed by atoms with van der Waals surface area (Å²) < 4.78 is 3.81. The molecule has 0 aliphatic heterocycles. The second-order valence-corrected chi connectivity index (χ2v) is 6.41. The van der Waals surface area contributed by atoms with Crippen molar-refractivity contribution in [2.45, 2.75) is 46.3 Å². The van der Waals surface area contributed by atoms with E-state index in [0.29, 0.717) is 11.7 Å². The lowest BCUT2D eigenvalue weighted by atomic mass is 10.1. The van der Waals surface area contributed by atoms with Crippen LogP contribution in [0.5, 0.6) is 0 Å². The van der Waals surface area contributed by atoms with Crippen LogP contribution in [0.25, 0.3) is 0 Å². The van der Waals surface area contributed by atoms with Crippen LogP contribution in [0.1, 0.15) is 37.9 Å². The molecule has 0 aliphatic carbocycles. The third-order valence-corrected chi connectivity index (χ3v) is 3.65. The number of hydrogen-bond acceptors (Lipinski definition) is 3. The Morgan fingerprint density at radius 1 is 1.35 bits per heavy atom. The first kappa shape index (κ1) is 15.1. The van der Waals surface area contributed by atoms with E-state index in [9.17, 15) is 0 Å². The number of aromatic nitrogens is 4. The minimum Gasteiger partial charge on any atom is -0.329 e. The highest BCUT2D eigenvalue weighted by atomic mass is 35.5. The summed E-state index contributed by atoms with van der Waals surface area (Å²) in [5, 5.41) is 8.48. The normalized spacial score (nSPS) is 12.1. The van der Waals surface area contributed by atoms with Gasteiger partial charge in [0, 0.05) is 30.5 Å². The van der Waals surface area contributed by atoms with Crippen LogP contribution in [0.15, 0.2) is 12.4 Å². The van der Waals surface area contributed by atoms with Gasteiger partial charge in [0.1, 0.15) is 11.0 Å². The average molecular weight is 296 g/mol. The minimum atomic E-state index is 0.0681. The van der Waals surface area contributed by atoms with Gasteiger partial charge in [-0.2, -0.15) is 5.10 Å². The van der Waals surface area contributed by atoms with Gasteiger partial charge < -0.3 is 9.88 Å². The monoisotopic (exact) mass is 295 g/mol. The summed E-state index contributed by atoms with van der Waals surface area (Å²) in [5.41, 5.74) is 2.07. The summed E-state index contributed by atoms with van der Waals surface area (Å²) in [6.07, 6.45) is 3.79. The molecule has 5 nitrogen and oxygen atoms in total. The van der Waals surface area contributed by atoms with Crippen LogP contribution < -0.4 is 5.32 Å². The van der Waals surface area contributed by atoms with Crippen molar-refractivity contribution in [3.8, 4) is 0 Å². The topological polar surface area (TPSA) is 47.7 Å². The summed E-state index contributed by atoms with van der Waals surface area (Å²) in [6, 6.07) is 0. The first-order chi connectivity index (χ1) is 9.28. The average Bonchev–Trinajstić information content (AvgIpc) is 2.87. The van der Waals surface area contributed by atoms with Crippen molar-refractivity contribution < 1.29 is 0 Å². The Balaban J connectivity index is 2.16. The smallest absolute Gasteiger partial charge is 0.131 e. The molecule has 0 aliphatic rings. The molecule has 2 rings (SSSR count). The molecular formula is C14H22ClN5. The number of nitrogens with one attached hydrogen (secondary N) is 1. The van der Waals surface area contributed by atoms with Gasteiger partial charge in [-0.15, -0.1) is 0 Å². The lowest BCUT2D eigenvalue weighted by Gasteiger charge is -2.20. The van der Waals surface area contributed by atoms with Gasteiger partial charge in [-0.3, -0.25) is 4.68 Å². The fourth-order valence-corrected chi connectivity index (χ4v) is 2.25. The van der Waals surface area contributed by atoms with Crippen molar-refractivity contribution in [1.82, 2.24) is 24.6 Å². The second kappa shape index (κ2) is 5.58. The van der Waals surface area contributed by atoms with E-state index in [1.54, 1.807) is 4.68 Å². The molecule has 6 heteroatoms. The van der Waals surface area contributed by atoms with Gasteiger partial charge in [0.15, 0.2) is 0 Å². The molecule has 0 fully saturated rings. The maximum atomic E-state index is 6.28. The van der Waals surface area contributed by atoms with E-state index in [1.165, 1.54) is 0 Å². The second-order valence-electron chi connectivity index (χ2n) is 6.05. The van der Waals surface area contributed by atoms with Gasteiger partial charge in [0.05, 0.1) is 18.8 Å². The third-order valence-electron chi connectivity index (χ3n) is 3.18. The molecular weight excluding hydrogens is 274 g/mol. The number of hydrogen-bond donors (Lipinski definition) is 1. The van der Waals surface area contributed by atoms with Crippen molar-refractivity contribution in [2.75, 3.05) is 0 Å². The third kappa shape index (κ3) is 3.41. The van der Waals surface area contributed by atoms with Crippen LogP contribution in [0.2, 0.25) is 5.15 Å². The predicted molar refractivity (Wildman–Crippen MR) is 80.9 cm³/mol. The minimum absolute atomic E-state index is 0.0681. The molecule has 0 unspecified atom stereocenters.